The number of nitrogens with two attached hydrogens (primary N) is 2. The normalized spacial score (nSPS) is 23.0. The monoisotopic (exact) mass is 309 g/mol. The Hall–Kier alpha value is -2.07. The summed E-state index contributed by atoms with van der Waals surface area (Å²) in [6.45, 7) is 0. The fraction of sp³-hybridized carbons (Fsp3) is 0.421. The van der Waals surface area contributed by atoms with Crippen LogP contribution in [0.2, 0.25) is 0 Å². The lowest BCUT2D eigenvalue weighted by atomic mass is 9.99. The molecule has 0 amide bonds. The van der Waals surface area contributed by atoms with Gasteiger partial charge in [-0.25, -0.2) is 4.98 Å². The summed E-state index contributed by atoms with van der Waals surface area (Å²) in [5.41, 5.74) is 16.9. The minimum Gasteiger partial charge on any atom is -0.489 e. The van der Waals surface area contributed by atoms with Gasteiger partial charge in [-0.15, -0.1) is 0 Å². The standard InChI is InChI=1S/C19H23N3O/c20-15-6-2-8-18(15)23-17-11-10-13(12-4-1-5-14(12)17)16-7-3-9-19(21)22-16/h3,7,9-11,15,18H,1-2,4-6,8,20H2,(H2,21,22). The molecule has 2 aliphatic rings. The number of nitrogens with zero attached hydrogens (tertiary/aromatic N) is 1. The van der Waals surface area contributed by atoms with Gasteiger partial charge < -0.3 is 16.2 Å². The Balaban J connectivity index is 1.70. The molecule has 1 aromatic carbocycles. The number of pyridine rings is 1. The van der Waals surface area contributed by atoms with Crippen LogP contribution in [0.4, 0.5) is 5.82 Å². The van der Waals surface area contributed by atoms with Gasteiger partial charge in [0.05, 0.1) is 5.69 Å². The van der Waals surface area contributed by atoms with Crippen molar-refractivity contribution in [1.82, 2.24) is 4.98 Å². The third-order valence-corrected chi connectivity index (χ3v) is 5.07. The molecule has 0 saturated heterocycles. The zero-order valence-corrected chi connectivity index (χ0v) is 13.3. The highest BCUT2D eigenvalue weighted by Gasteiger charge is 2.28. The van der Waals surface area contributed by atoms with E-state index in [-0.39, 0.29) is 12.1 Å². The van der Waals surface area contributed by atoms with E-state index in [1.165, 1.54) is 29.5 Å². The molecule has 2 unspecified atom stereocenters. The van der Waals surface area contributed by atoms with Crippen LogP contribution in [0, 0.1) is 0 Å². The van der Waals surface area contributed by atoms with Crippen molar-refractivity contribution in [2.75, 3.05) is 5.73 Å². The maximum Gasteiger partial charge on any atom is 0.124 e. The van der Waals surface area contributed by atoms with Crippen LogP contribution in [0.5, 0.6) is 5.75 Å². The van der Waals surface area contributed by atoms with Crippen LogP contribution < -0.4 is 16.2 Å². The second-order valence-corrected chi connectivity index (χ2v) is 6.62. The molecule has 2 aromatic rings. The number of benzene rings is 1. The molecular weight excluding hydrogens is 286 g/mol. The Morgan fingerprint density at radius 1 is 1.00 bits per heavy atom. The van der Waals surface area contributed by atoms with Crippen LogP contribution in [0.15, 0.2) is 30.3 Å². The van der Waals surface area contributed by atoms with Crippen LogP contribution in [-0.4, -0.2) is 17.1 Å². The van der Waals surface area contributed by atoms with Crippen LogP contribution >= 0.6 is 0 Å². The van der Waals surface area contributed by atoms with Gasteiger partial charge in [0, 0.05) is 11.6 Å². The highest BCUT2D eigenvalue weighted by atomic mass is 16.5. The van der Waals surface area contributed by atoms with Crippen molar-refractivity contribution in [3.8, 4) is 17.0 Å². The van der Waals surface area contributed by atoms with E-state index in [2.05, 4.69) is 17.1 Å². The van der Waals surface area contributed by atoms with Crippen molar-refractivity contribution >= 4 is 5.82 Å². The summed E-state index contributed by atoms with van der Waals surface area (Å²) in [6, 6.07) is 10.2. The minimum absolute atomic E-state index is 0.163. The number of hydrogen-bond acceptors (Lipinski definition) is 4. The zero-order chi connectivity index (χ0) is 15.8. The lowest BCUT2D eigenvalue weighted by Crippen LogP contribution is -2.33. The highest BCUT2D eigenvalue weighted by molar-refractivity contribution is 5.69. The highest BCUT2D eigenvalue weighted by Crippen LogP contribution is 2.38. The Bertz CT molecular complexity index is 729. The number of nitrogen functional groups attached to an aromatic ring is 1. The van der Waals surface area contributed by atoms with Gasteiger partial charge in [0.15, 0.2) is 0 Å². The SMILES string of the molecule is Nc1cccc(-c2ccc(OC3CCCC3N)c3c2CCC3)n1. The van der Waals surface area contributed by atoms with Crippen molar-refractivity contribution in [3.05, 3.63) is 41.5 Å². The smallest absolute Gasteiger partial charge is 0.124 e. The van der Waals surface area contributed by atoms with E-state index in [0.717, 1.165) is 37.1 Å². The van der Waals surface area contributed by atoms with E-state index in [0.29, 0.717) is 5.82 Å². The van der Waals surface area contributed by atoms with Gasteiger partial charge in [0.2, 0.25) is 0 Å². The van der Waals surface area contributed by atoms with Crippen molar-refractivity contribution < 1.29 is 4.74 Å². The molecule has 1 saturated carbocycles. The number of anilines is 1. The molecule has 0 radical (unpaired) electrons. The summed E-state index contributed by atoms with van der Waals surface area (Å²) in [7, 11) is 0. The predicted octanol–water partition coefficient (Wildman–Crippen LogP) is 3.08. The second-order valence-electron chi connectivity index (χ2n) is 6.62. The predicted molar refractivity (Wildman–Crippen MR) is 92.4 cm³/mol. The van der Waals surface area contributed by atoms with E-state index in [9.17, 15) is 0 Å². The summed E-state index contributed by atoms with van der Waals surface area (Å²) in [4.78, 5) is 4.48. The molecule has 1 fully saturated rings. The summed E-state index contributed by atoms with van der Waals surface area (Å²) in [5.74, 6) is 1.58. The average molecular weight is 309 g/mol. The van der Waals surface area contributed by atoms with Crippen LogP contribution in [0.3, 0.4) is 0 Å². The van der Waals surface area contributed by atoms with Gasteiger partial charge >= 0.3 is 0 Å². The fourth-order valence-corrected chi connectivity index (χ4v) is 3.89. The lowest BCUT2D eigenvalue weighted by molar-refractivity contribution is 0.190. The Morgan fingerprint density at radius 3 is 2.65 bits per heavy atom. The first-order chi connectivity index (χ1) is 11.2. The molecule has 4 nitrogen and oxygen atoms in total. The van der Waals surface area contributed by atoms with Crippen molar-refractivity contribution in [2.24, 2.45) is 5.73 Å². The number of ether oxygens (including phenoxy) is 1. The summed E-state index contributed by atoms with van der Waals surface area (Å²) in [5, 5.41) is 0. The maximum atomic E-state index is 6.27. The maximum absolute atomic E-state index is 6.27. The fourth-order valence-electron chi connectivity index (χ4n) is 3.89. The Morgan fingerprint density at radius 2 is 1.87 bits per heavy atom. The van der Waals surface area contributed by atoms with E-state index < -0.39 is 0 Å². The van der Waals surface area contributed by atoms with Crippen molar-refractivity contribution in [2.45, 2.75) is 50.7 Å². The Kier molecular flexibility index (Phi) is 3.69. The molecule has 0 bridgehead atoms. The number of rotatable bonds is 3. The first-order valence-corrected chi connectivity index (χ1v) is 8.52. The van der Waals surface area contributed by atoms with Gasteiger partial charge in [-0.1, -0.05) is 6.07 Å². The van der Waals surface area contributed by atoms with Crippen LogP contribution in [0.1, 0.15) is 36.8 Å². The van der Waals surface area contributed by atoms with Crippen LogP contribution in [0.25, 0.3) is 11.3 Å². The summed E-state index contributed by atoms with van der Waals surface area (Å²) >= 11 is 0. The molecule has 2 atom stereocenters. The van der Waals surface area contributed by atoms with Gasteiger partial charge in [0.25, 0.3) is 0 Å². The minimum atomic E-state index is 0.163. The molecule has 4 N–H and O–H groups in total. The number of fused-ring (bicyclic) bond motifs is 1. The van der Waals surface area contributed by atoms with Gasteiger partial charge in [-0.2, -0.15) is 0 Å². The van der Waals surface area contributed by atoms with Gasteiger partial charge in [-0.3, -0.25) is 0 Å². The molecule has 1 heterocycles. The first kappa shape index (κ1) is 14.5. The molecular formula is C19H23N3O. The van der Waals surface area contributed by atoms with E-state index in [1.54, 1.807) is 0 Å². The van der Waals surface area contributed by atoms with E-state index >= 15 is 0 Å². The van der Waals surface area contributed by atoms with Crippen LogP contribution in [-0.2, 0) is 12.8 Å². The summed E-state index contributed by atoms with van der Waals surface area (Å²) in [6.07, 6.45) is 6.78. The van der Waals surface area contributed by atoms with E-state index in [1.807, 2.05) is 18.2 Å². The quantitative estimate of drug-likeness (QED) is 0.913. The lowest BCUT2D eigenvalue weighted by Gasteiger charge is -2.21. The van der Waals surface area contributed by atoms with Crippen molar-refractivity contribution in [3.63, 3.8) is 0 Å². The van der Waals surface area contributed by atoms with Gasteiger partial charge in [0.1, 0.15) is 17.7 Å². The number of aromatic nitrogens is 1. The number of hydrogen-bond donors (Lipinski definition) is 2. The molecule has 4 rings (SSSR count). The molecule has 23 heavy (non-hydrogen) atoms. The third-order valence-electron chi connectivity index (χ3n) is 5.07. The third kappa shape index (κ3) is 2.68. The molecule has 0 spiro atoms. The van der Waals surface area contributed by atoms with Crippen molar-refractivity contribution in [1.29, 1.82) is 0 Å². The average Bonchev–Trinajstić information content (AvgIpc) is 3.17. The second kappa shape index (κ2) is 5.85. The summed E-state index contributed by atoms with van der Waals surface area (Å²) < 4.78 is 6.27. The molecule has 0 aliphatic heterocycles. The molecule has 1 aromatic heterocycles. The largest absolute Gasteiger partial charge is 0.489 e. The molecule has 120 valence electrons. The Labute approximate surface area is 136 Å². The zero-order valence-electron chi connectivity index (χ0n) is 13.3. The van der Waals surface area contributed by atoms with E-state index in [4.69, 9.17) is 16.2 Å². The molecule has 2 aliphatic carbocycles. The van der Waals surface area contributed by atoms with Gasteiger partial charge in [-0.05, 0) is 73.9 Å². The first-order valence-electron chi connectivity index (χ1n) is 8.52. The molecule has 4 heteroatoms. The topological polar surface area (TPSA) is 74.2 Å².